The predicted molar refractivity (Wildman–Crippen MR) is 143 cm³/mol. The van der Waals surface area contributed by atoms with Gasteiger partial charge in [0, 0.05) is 48.8 Å². The van der Waals surface area contributed by atoms with Gasteiger partial charge in [-0.25, -0.2) is 14.2 Å². The first kappa shape index (κ1) is 25.4. The third kappa shape index (κ3) is 4.97. The van der Waals surface area contributed by atoms with Crippen molar-refractivity contribution < 1.29 is 18.8 Å². The van der Waals surface area contributed by atoms with Gasteiger partial charge in [0.2, 0.25) is 5.88 Å². The smallest absolute Gasteiger partial charge is 0.326 e. The summed E-state index contributed by atoms with van der Waals surface area (Å²) in [6.07, 6.45) is 5.99. The van der Waals surface area contributed by atoms with Crippen LogP contribution in [0.5, 0.6) is 0 Å². The molecule has 2 amide bonds. The normalized spacial score (nSPS) is 13.7. The molecular weight excluding hydrogens is 491 g/mol. The van der Waals surface area contributed by atoms with Crippen LogP contribution >= 0.6 is 0 Å². The fourth-order valence-corrected chi connectivity index (χ4v) is 5.01. The number of carbonyl (C=O) groups is 1. The number of pyridine rings is 2. The van der Waals surface area contributed by atoms with Crippen molar-refractivity contribution in [3.05, 3.63) is 64.0 Å². The Bertz CT molecular complexity index is 1560. The maximum Gasteiger partial charge on any atom is 0.326 e. The molecule has 38 heavy (non-hydrogen) atoms. The number of rotatable bonds is 7. The fraction of sp³-hybridized carbons (Fsp3) is 0.333. The second-order valence-electron chi connectivity index (χ2n) is 9.44. The van der Waals surface area contributed by atoms with Crippen LogP contribution in [-0.2, 0) is 6.54 Å². The van der Waals surface area contributed by atoms with E-state index < -0.39 is 11.8 Å². The molecule has 1 aromatic carbocycles. The molecule has 0 saturated heterocycles. The second-order valence-corrected chi connectivity index (χ2v) is 9.44. The number of hydrogen-bond donors (Lipinski definition) is 4. The van der Waals surface area contributed by atoms with Gasteiger partial charge in [-0.05, 0) is 49.1 Å². The van der Waals surface area contributed by atoms with Crippen LogP contribution in [0.3, 0.4) is 0 Å². The monoisotopic (exact) mass is 520 g/mol. The van der Waals surface area contributed by atoms with E-state index in [4.69, 9.17) is 4.52 Å². The van der Waals surface area contributed by atoms with Gasteiger partial charge in [-0.2, -0.15) is 0 Å². The molecule has 5 rings (SSSR count). The average Bonchev–Trinajstić information content (AvgIpc) is 3.59. The largest absolute Gasteiger partial charge is 0.395 e. The van der Waals surface area contributed by atoms with Crippen molar-refractivity contribution in [1.82, 2.24) is 14.7 Å². The van der Waals surface area contributed by atoms with E-state index in [0.29, 0.717) is 39.3 Å². The minimum Gasteiger partial charge on any atom is -0.395 e. The van der Waals surface area contributed by atoms with Gasteiger partial charge in [-0.1, -0.05) is 18.0 Å². The van der Waals surface area contributed by atoms with Crippen molar-refractivity contribution >= 4 is 34.3 Å². The van der Waals surface area contributed by atoms with Gasteiger partial charge in [-0.3, -0.25) is 10.1 Å². The highest BCUT2D eigenvalue weighted by Crippen LogP contribution is 2.34. The van der Waals surface area contributed by atoms with E-state index in [9.17, 15) is 19.1 Å². The standard InChI is InChI=1S/C27H29FN6O4/c1-15-9-20(28)22(31-27(37)32-25-12-21(33-38-25)16-5-3-4-6-16)11-18(15)19-10-17-14-30-24(29-2)13-23(17)34(7-8-35)26(19)36/h9-14,16,35H,3-8H2,1-2H3,(H,29,30)(H2,31,32,37). The molecule has 4 N–H and O–H groups in total. The van der Waals surface area contributed by atoms with E-state index in [2.05, 4.69) is 26.1 Å². The zero-order valence-electron chi connectivity index (χ0n) is 21.2. The van der Waals surface area contributed by atoms with E-state index in [1.54, 1.807) is 38.4 Å². The molecule has 3 heterocycles. The minimum atomic E-state index is -0.701. The van der Waals surface area contributed by atoms with Crippen molar-refractivity contribution in [1.29, 1.82) is 0 Å². The molecule has 10 nitrogen and oxygen atoms in total. The molecule has 0 spiro atoms. The van der Waals surface area contributed by atoms with Gasteiger partial charge in [0.1, 0.15) is 11.6 Å². The Morgan fingerprint density at radius 1 is 1.16 bits per heavy atom. The minimum absolute atomic E-state index is 0.0735. The first-order chi connectivity index (χ1) is 18.4. The quantitative estimate of drug-likeness (QED) is 0.274. The Balaban J connectivity index is 1.46. The summed E-state index contributed by atoms with van der Waals surface area (Å²) in [5, 5.41) is 22.3. The lowest BCUT2D eigenvalue weighted by atomic mass is 9.99. The van der Waals surface area contributed by atoms with Gasteiger partial charge < -0.3 is 24.8 Å². The molecule has 1 aliphatic rings. The van der Waals surface area contributed by atoms with Crippen LogP contribution in [0.15, 0.2) is 45.8 Å². The van der Waals surface area contributed by atoms with Gasteiger partial charge in [0.05, 0.1) is 23.5 Å². The molecule has 0 radical (unpaired) electrons. The molecule has 0 unspecified atom stereocenters. The lowest BCUT2D eigenvalue weighted by Gasteiger charge is -2.15. The Hall–Kier alpha value is -4.25. The topological polar surface area (TPSA) is 134 Å². The molecule has 198 valence electrons. The predicted octanol–water partition coefficient (Wildman–Crippen LogP) is 4.83. The van der Waals surface area contributed by atoms with Crippen molar-refractivity contribution in [3.63, 3.8) is 0 Å². The Kier molecular flexibility index (Phi) is 7.10. The van der Waals surface area contributed by atoms with Crippen molar-refractivity contribution in [2.45, 2.75) is 45.1 Å². The highest BCUT2D eigenvalue weighted by molar-refractivity contribution is 5.99. The number of halogens is 1. The molecule has 4 aromatic rings. The number of anilines is 3. The third-order valence-corrected chi connectivity index (χ3v) is 6.95. The number of aliphatic hydroxyl groups excluding tert-OH is 1. The van der Waals surface area contributed by atoms with Gasteiger partial charge >= 0.3 is 6.03 Å². The highest BCUT2D eigenvalue weighted by atomic mass is 19.1. The average molecular weight is 521 g/mol. The van der Waals surface area contributed by atoms with Crippen LogP contribution in [0.2, 0.25) is 0 Å². The van der Waals surface area contributed by atoms with Crippen LogP contribution in [-0.4, -0.2) is 39.5 Å². The van der Waals surface area contributed by atoms with Gasteiger partial charge in [0.15, 0.2) is 0 Å². The van der Waals surface area contributed by atoms with Crippen molar-refractivity contribution in [2.24, 2.45) is 0 Å². The first-order valence-corrected chi connectivity index (χ1v) is 12.5. The number of nitrogens with one attached hydrogen (secondary N) is 3. The summed E-state index contributed by atoms with van der Waals surface area (Å²) in [5.74, 6) is 0.426. The zero-order valence-corrected chi connectivity index (χ0v) is 21.2. The maximum absolute atomic E-state index is 14.9. The van der Waals surface area contributed by atoms with Gasteiger partial charge in [0.25, 0.3) is 5.56 Å². The molecule has 1 aliphatic carbocycles. The number of urea groups is 1. The summed E-state index contributed by atoms with van der Waals surface area (Å²) in [5.41, 5.74) is 2.20. The Labute approximate surface area is 217 Å². The second kappa shape index (κ2) is 10.6. The van der Waals surface area contributed by atoms with Crippen molar-refractivity contribution in [2.75, 3.05) is 29.6 Å². The molecule has 0 atom stereocenters. The lowest BCUT2D eigenvalue weighted by molar-refractivity contribution is 0.261. The molecule has 1 fully saturated rings. The van der Waals surface area contributed by atoms with E-state index >= 15 is 0 Å². The molecule has 11 heteroatoms. The number of nitrogens with zero attached hydrogens (tertiary/aromatic N) is 3. The SMILES string of the molecule is CNc1cc2c(cn1)cc(-c1cc(NC(=O)Nc3cc(C4CCCC4)no3)c(F)cc1C)c(=O)n2CCO. The summed E-state index contributed by atoms with van der Waals surface area (Å²) >= 11 is 0. The summed E-state index contributed by atoms with van der Waals surface area (Å²) < 4.78 is 21.6. The van der Waals surface area contributed by atoms with Crippen molar-refractivity contribution in [3.8, 4) is 11.1 Å². The number of benzene rings is 1. The summed E-state index contributed by atoms with van der Waals surface area (Å²) in [7, 11) is 1.72. The highest BCUT2D eigenvalue weighted by Gasteiger charge is 2.22. The van der Waals surface area contributed by atoms with E-state index in [1.807, 2.05) is 0 Å². The van der Waals surface area contributed by atoms with E-state index in [0.717, 1.165) is 31.4 Å². The number of fused-ring (bicyclic) bond motifs is 1. The molecular formula is C27H29FN6O4. The molecule has 3 aromatic heterocycles. The van der Waals surface area contributed by atoms with Crippen LogP contribution in [0.25, 0.3) is 22.0 Å². The van der Waals surface area contributed by atoms with Crippen LogP contribution in [0.1, 0.15) is 42.9 Å². The molecule has 1 saturated carbocycles. The van der Waals surface area contributed by atoms with Crippen LogP contribution in [0.4, 0.5) is 26.6 Å². The number of aryl methyl sites for hydroxylation is 1. The summed E-state index contributed by atoms with van der Waals surface area (Å²) in [6, 6.07) is 7.09. The number of aromatic nitrogens is 3. The van der Waals surface area contributed by atoms with E-state index in [-0.39, 0.29) is 30.3 Å². The third-order valence-electron chi connectivity index (χ3n) is 6.95. The Morgan fingerprint density at radius 3 is 2.68 bits per heavy atom. The maximum atomic E-state index is 14.9. The first-order valence-electron chi connectivity index (χ1n) is 12.5. The molecule has 0 bridgehead atoms. The lowest BCUT2D eigenvalue weighted by Crippen LogP contribution is -2.24. The number of hydrogen-bond acceptors (Lipinski definition) is 7. The van der Waals surface area contributed by atoms with Crippen LogP contribution in [0, 0.1) is 12.7 Å². The van der Waals surface area contributed by atoms with Gasteiger partial charge in [-0.15, -0.1) is 0 Å². The van der Waals surface area contributed by atoms with E-state index in [1.165, 1.54) is 16.7 Å². The molecule has 0 aliphatic heterocycles. The number of amides is 2. The summed E-state index contributed by atoms with van der Waals surface area (Å²) in [6.45, 7) is 1.52. The summed E-state index contributed by atoms with van der Waals surface area (Å²) in [4.78, 5) is 30.5. The fourth-order valence-electron chi connectivity index (χ4n) is 5.01. The number of carbonyl (C=O) groups excluding carboxylic acids is 1. The zero-order chi connectivity index (χ0) is 26.8. The Morgan fingerprint density at radius 2 is 1.95 bits per heavy atom. The van der Waals surface area contributed by atoms with Crippen LogP contribution < -0.4 is 21.5 Å². The number of aliphatic hydroxyl groups is 1.